The van der Waals surface area contributed by atoms with Gasteiger partial charge in [-0.25, -0.2) is 10.1 Å². The Bertz CT molecular complexity index is 1370. The maximum absolute atomic E-state index is 9.18. The highest BCUT2D eigenvalue weighted by atomic mass is 15.3. The SMILES string of the molecule is N#Cc1[nH]nnc1-c1ccnc(-c2cn(CCc3cccc4ccccc34)cn2)c1. The lowest BCUT2D eigenvalue weighted by Crippen LogP contribution is -1.99. The fraction of sp³-hybridized carbons (Fsp3) is 0.0870. The van der Waals surface area contributed by atoms with Crippen LogP contribution >= 0.6 is 0 Å². The number of nitrogens with zero attached hydrogens (tertiary/aromatic N) is 6. The van der Waals surface area contributed by atoms with Crippen LogP contribution in [0.1, 0.15) is 11.3 Å². The molecule has 0 bridgehead atoms. The topological polar surface area (TPSA) is 96.1 Å². The molecule has 0 fully saturated rings. The van der Waals surface area contributed by atoms with Crippen molar-refractivity contribution in [1.29, 1.82) is 5.26 Å². The van der Waals surface area contributed by atoms with Gasteiger partial charge in [-0.2, -0.15) is 5.26 Å². The fourth-order valence-corrected chi connectivity index (χ4v) is 3.60. The smallest absolute Gasteiger partial charge is 0.163 e. The first-order valence-electron chi connectivity index (χ1n) is 9.58. The number of H-pyrrole nitrogens is 1. The van der Waals surface area contributed by atoms with Crippen molar-refractivity contribution < 1.29 is 0 Å². The first-order valence-corrected chi connectivity index (χ1v) is 9.58. The molecule has 144 valence electrons. The molecule has 0 unspecified atom stereocenters. The number of hydrogen-bond acceptors (Lipinski definition) is 5. The third kappa shape index (κ3) is 3.31. The lowest BCUT2D eigenvalue weighted by molar-refractivity contribution is 0.698. The Morgan fingerprint density at radius 3 is 2.83 bits per heavy atom. The normalized spacial score (nSPS) is 10.9. The molecule has 7 nitrogen and oxygen atoms in total. The zero-order valence-corrected chi connectivity index (χ0v) is 16.0. The molecular formula is C23H17N7. The van der Waals surface area contributed by atoms with E-state index in [1.54, 1.807) is 12.3 Å². The molecule has 7 heteroatoms. The largest absolute Gasteiger partial charge is 0.336 e. The molecule has 0 aliphatic heterocycles. The number of rotatable bonds is 5. The molecular weight excluding hydrogens is 374 g/mol. The van der Waals surface area contributed by atoms with E-state index in [0.29, 0.717) is 11.4 Å². The molecule has 0 saturated heterocycles. The number of nitrogens with one attached hydrogen (secondary N) is 1. The maximum Gasteiger partial charge on any atom is 0.163 e. The van der Waals surface area contributed by atoms with Crippen molar-refractivity contribution in [2.45, 2.75) is 13.0 Å². The quantitative estimate of drug-likeness (QED) is 0.488. The van der Waals surface area contributed by atoms with Gasteiger partial charge in [0.2, 0.25) is 0 Å². The first-order chi connectivity index (χ1) is 14.8. The predicted octanol–water partition coefficient (Wildman–Crippen LogP) is 4.00. The number of benzene rings is 2. The lowest BCUT2D eigenvalue weighted by atomic mass is 10.0. The minimum atomic E-state index is 0.327. The van der Waals surface area contributed by atoms with E-state index in [9.17, 15) is 5.26 Å². The van der Waals surface area contributed by atoms with Crippen LogP contribution in [-0.4, -0.2) is 29.9 Å². The number of imidazole rings is 1. The van der Waals surface area contributed by atoms with Crippen LogP contribution in [0.2, 0.25) is 0 Å². The van der Waals surface area contributed by atoms with Crippen molar-refractivity contribution in [2.75, 3.05) is 0 Å². The molecule has 3 heterocycles. The number of aryl methyl sites for hydroxylation is 2. The van der Waals surface area contributed by atoms with Gasteiger partial charge in [0.05, 0.1) is 12.0 Å². The van der Waals surface area contributed by atoms with Crippen LogP contribution < -0.4 is 0 Å². The third-order valence-electron chi connectivity index (χ3n) is 5.11. The van der Waals surface area contributed by atoms with Crippen molar-refractivity contribution in [3.8, 4) is 28.7 Å². The number of hydrogen-bond donors (Lipinski definition) is 1. The highest BCUT2D eigenvalue weighted by molar-refractivity contribution is 5.85. The molecule has 30 heavy (non-hydrogen) atoms. The summed E-state index contributed by atoms with van der Waals surface area (Å²) in [6.07, 6.45) is 6.42. The van der Waals surface area contributed by atoms with Gasteiger partial charge in [-0.15, -0.1) is 5.10 Å². The van der Waals surface area contributed by atoms with Gasteiger partial charge in [-0.05, 0) is 34.9 Å². The number of nitriles is 1. The van der Waals surface area contributed by atoms with Crippen LogP contribution in [0.5, 0.6) is 0 Å². The second kappa shape index (κ2) is 7.60. The number of aromatic amines is 1. The molecule has 0 aliphatic carbocycles. The lowest BCUT2D eigenvalue weighted by Gasteiger charge is -2.07. The Kier molecular flexibility index (Phi) is 4.50. The number of aromatic nitrogens is 6. The van der Waals surface area contributed by atoms with Crippen LogP contribution in [0.25, 0.3) is 33.4 Å². The second-order valence-electron chi connectivity index (χ2n) is 6.96. The van der Waals surface area contributed by atoms with Gasteiger partial charge in [-0.1, -0.05) is 47.7 Å². The zero-order valence-electron chi connectivity index (χ0n) is 16.0. The van der Waals surface area contributed by atoms with Gasteiger partial charge in [0.25, 0.3) is 0 Å². The second-order valence-corrected chi connectivity index (χ2v) is 6.96. The van der Waals surface area contributed by atoms with Crippen LogP contribution in [0, 0.1) is 11.3 Å². The van der Waals surface area contributed by atoms with Crippen molar-refractivity contribution in [3.05, 3.63) is 84.6 Å². The Morgan fingerprint density at radius 1 is 1.00 bits per heavy atom. The van der Waals surface area contributed by atoms with E-state index in [4.69, 9.17) is 0 Å². The molecule has 0 atom stereocenters. The van der Waals surface area contributed by atoms with E-state index in [1.165, 1.54) is 16.3 Å². The Labute approximate surface area is 172 Å². The van der Waals surface area contributed by atoms with Crippen LogP contribution in [0.4, 0.5) is 0 Å². The Morgan fingerprint density at radius 2 is 1.90 bits per heavy atom. The summed E-state index contributed by atoms with van der Waals surface area (Å²) in [6, 6.07) is 20.6. The summed E-state index contributed by atoms with van der Waals surface area (Å²) in [6.45, 7) is 0.822. The van der Waals surface area contributed by atoms with E-state index >= 15 is 0 Å². The molecule has 5 aromatic rings. The molecule has 0 radical (unpaired) electrons. The standard InChI is InChI=1S/C23H17N7/c24-13-21-23(28-29-27-21)18-8-10-25-20(12-18)22-14-30(15-26-22)11-9-17-6-3-5-16-4-1-2-7-19(16)17/h1-8,10,12,14-15H,9,11H2,(H,27,28,29). The zero-order chi connectivity index (χ0) is 20.3. The third-order valence-corrected chi connectivity index (χ3v) is 5.11. The van der Waals surface area contributed by atoms with E-state index < -0.39 is 0 Å². The number of fused-ring (bicyclic) bond motifs is 1. The molecule has 0 spiro atoms. The van der Waals surface area contributed by atoms with E-state index in [1.807, 2.05) is 18.6 Å². The monoisotopic (exact) mass is 391 g/mol. The minimum absolute atomic E-state index is 0.327. The van der Waals surface area contributed by atoms with Gasteiger partial charge < -0.3 is 4.57 Å². The fourth-order valence-electron chi connectivity index (χ4n) is 3.60. The predicted molar refractivity (Wildman–Crippen MR) is 113 cm³/mol. The summed E-state index contributed by atoms with van der Waals surface area (Å²) in [5.41, 5.74) is 4.43. The average molecular weight is 391 g/mol. The first kappa shape index (κ1) is 17.8. The molecule has 3 aromatic heterocycles. The maximum atomic E-state index is 9.18. The summed E-state index contributed by atoms with van der Waals surface area (Å²) < 4.78 is 2.07. The van der Waals surface area contributed by atoms with Gasteiger partial charge in [-0.3, -0.25) is 4.98 Å². The van der Waals surface area contributed by atoms with Gasteiger partial charge in [0, 0.05) is 24.5 Å². The average Bonchev–Trinajstić information content (AvgIpc) is 3.47. The summed E-state index contributed by atoms with van der Waals surface area (Å²) in [5.74, 6) is 0. The van der Waals surface area contributed by atoms with Crippen molar-refractivity contribution in [2.24, 2.45) is 0 Å². The van der Waals surface area contributed by atoms with Gasteiger partial charge >= 0.3 is 0 Å². The Hall–Kier alpha value is -4.31. The van der Waals surface area contributed by atoms with Crippen LogP contribution in [-0.2, 0) is 13.0 Å². The molecule has 5 rings (SSSR count). The summed E-state index contributed by atoms with van der Waals surface area (Å²) in [7, 11) is 0. The summed E-state index contributed by atoms with van der Waals surface area (Å²) >= 11 is 0. The minimum Gasteiger partial charge on any atom is -0.336 e. The molecule has 0 amide bonds. The highest BCUT2D eigenvalue weighted by Gasteiger charge is 2.12. The van der Waals surface area contributed by atoms with Crippen LogP contribution in [0.3, 0.4) is 0 Å². The Balaban J connectivity index is 1.37. The van der Waals surface area contributed by atoms with Crippen molar-refractivity contribution in [1.82, 2.24) is 29.9 Å². The molecule has 1 N–H and O–H groups in total. The van der Waals surface area contributed by atoms with Crippen molar-refractivity contribution in [3.63, 3.8) is 0 Å². The van der Waals surface area contributed by atoms with Gasteiger partial charge in [0.1, 0.15) is 17.5 Å². The van der Waals surface area contributed by atoms with Gasteiger partial charge in [0.15, 0.2) is 5.69 Å². The van der Waals surface area contributed by atoms with E-state index in [0.717, 1.165) is 29.9 Å². The summed E-state index contributed by atoms with van der Waals surface area (Å²) in [4.78, 5) is 8.95. The van der Waals surface area contributed by atoms with Crippen molar-refractivity contribution >= 4 is 10.8 Å². The van der Waals surface area contributed by atoms with Crippen LogP contribution in [0.15, 0.2) is 73.3 Å². The van der Waals surface area contributed by atoms with E-state index in [2.05, 4.69) is 78.5 Å². The summed E-state index contributed by atoms with van der Waals surface area (Å²) in [5, 5.41) is 22.0. The number of pyridine rings is 1. The molecule has 0 aliphatic rings. The molecule has 2 aromatic carbocycles. The molecule has 0 saturated carbocycles. The highest BCUT2D eigenvalue weighted by Crippen LogP contribution is 2.24. The van der Waals surface area contributed by atoms with E-state index in [-0.39, 0.29) is 0 Å².